The number of ketones is 1. The first-order valence-corrected chi connectivity index (χ1v) is 39.1. The molecule has 6 aromatic carbocycles. The molecule has 0 atom stereocenters. The van der Waals surface area contributed by atoms with Gasteiger partial charge in [0.05, 0.1) is 24.6 Å². The molecule has 16 nitrogen and oxygen atoms in total. The molecular weight excluding hydrogens is 1510 g/mol. The van der Waals surface area contributed by atoms with Gasteiger partial charge in [-0.05, 0) is 241 Å². The van der Waals surface area contributed by atoms with Gasteiger partial charge in [-0.1, -0.05) is 159 Å². The van der Waals surface area contributed by atoms with Crippen molar-refractivity contribution in [2.24, 2.45) is 11.8 Å². The summed E-state index contributed by atoms with van der Waals surface area (Å²) >= 11 is 0. The maximum absolute atomic E-state index is 11.4. The zero-order chi connectivity index (χ0) is 78.7. The van der Waals surface area contributed by atoms with Crippen LogP contribution in [0.15, 0.2) is 126 Å². The first-order chi connectivity index (χ1) is 50.8. The van der Waals surface area contributed by atoms with E-state index in [1.165, 1.54) is 91.1 Å². The summed E-state index contributed by atoms with van der Waals surface area (Å²) in [7, 11) is 0. The number of benzene rings is 6. The number of hydrogen-bond acceptors (Lipinski definition) is 12. The van der Waals surface area contributed by atoms with Crippen LogP contribution >= 0.6 is 0 Å². The minimum Gasteiger partial charge on any atom is -0.684 e. The van der Waals surface area contributed by atoms with Gasteiger partial charge in [-0.3, -0.25) is 39.0 Å². The average molecular weight is 1640 g/mol. The number of fused-ring (bicyclic) bond motifs is 6. The van der Waals surface area contributed by atoms with Gasteiger partial charge in [0.25, 0.3) is 0 Å². The van der Waals surface area contributed by atoms with Gasteiger partial charge in [0.2, 0.25) is 17.7 Å². The molecule has 17 heteroatoms. The van der Waals surface area contributed by atoms with Crippen molar-refractivity contribution in [2.45, 2.75) is 215 Å². The van der Waals surface area contributed by atoms with Gasteiger partial charge >= 0.3 is 0 Å². The number of aliphatic hydroxyl groups excluding tert-OH is 4. The SMILES string of the molecule is CC(=O)N1CCc2cc(C=C(C)C)ccc21.CC(=O)N1CCc2ccccc21.CC(=O)c1ccc2c(c1)CCN2C(C)=O.CC(C)Cc1ccc2c(c1)CC[N-]2.CCCO.CCCO.CCCO.CCCO.CCCON1CCc2cc(C=C(C)C)ccc21.CCCON1CCc2cc(CC(C)C)ccc21.[W]. The Morgan fingerprint density at radius 3 is 1.18 bits per heavy atom. The first kappa shape index (κ1) is 95.8. The van der Waals surface area contributed by atoms with Crippen LogP contribution in [0.3, 0.4) is 0 Å². The van der Waals surface area contributed by atoms with Crippen LogP contribution in [-0.2, 0) is 96.5 Å². The van der Waals surface area contributed by atoms with Gasteiger partial charge in [0.15, 0.2) is 5.78 Å². The molecule has 3 amide bonds. The van der Waals surface area contributed by atoms with Crippen LogP contribution in [0.4, 0.5) is 34.1 Å². The van der Waals surface area contributed by atoms with Gasteiger partial charge in [0.1, 0.15) is 0 Å². The number of hydrogen-bond donors (Lipinski definition) is 4. The smallest absolute Gasteiger partial charge is 0.223 e. The Hall–Kier alpha value is -7.27. The van der Waals surface area contributed by atoms with E-state index in [-0.39, 0.29) is 44.6 Å². The summed E-state index contributed by atoms with van der Waals surface area (Å²) in [5.41, 5.74) is 23.6. The summed E-state index contributed by atoms with van der Waals surface area (Å²) in [6, 6.07) is 40.1. The Morgan fingerprint density at radius 2 is 0.766 bits per heavy atom. The minimum absolute atomic E-state index is 0. The van der Waals surface area contributed by atoms with E-state index in [1.807, 2.05) is 72.9 Å². The molecule has 0 fully saturated rings. The van der Waals surface area contributed by atoms with E-state index < -0.39 is 0 Å². The Morgan fingerprint density at radius 1 is 0.411 bits per heavy atom. The molecule has 0 aliphatic carbocycles. The van der Waals surface area contributed by atoms with Crippen molar-refractivity contribution in [2.75, 3.05) is 104 Å². The predicted molar refractivity (Wildman–Crippen MR) is 445 cm³/mol. The third-order valence-corrected chi connectivity index (χ3v) is 17.2. The van der Waals surface area contributed by atoms with E-state index in [9.17, 15) is 19.2 Å². The van der Waals surface area contributed by atoms with Crippen LogP contribution in [0.2, 0.25) is 0 Å². The number of carbonyl (C=O) groups excluding carboxylic acids is 4. The maximum Gasteiger partial charge on any atom is 0.223 e. The van der Waals surface area contributed by atoms with Crippen molar-refractivity contribution in [3.8, 4) is 0 Å². The van der Waals surface area contributed by atoms with Crippen LogP contribution < -0.4 is 24.8 Å². The monoisotopic (exact) mass is 1640 g/mol. The van der Waals surface area contributed by atoms with E-state index in [0.717, 1.165) is 170 Å². The molecule has 12 rings (SSSR count). The predicted octanol–water partition coefficient (Wildman–Crippen LogP) is 18.8. The quantitative estimate of drug-likeness (QED) is 0.0631. The Balaban J connectivity index is 0.000000419. The minimum atomic E-state index is 0. The van der Waals surface area contributed by atoms with Crippen LogP contribution in [0.1, 0.15) is 229 Å². The average Bonchev–Trinajstić information content (AvgIpc) is 1.79. The molecule has 6 heterocycles. The number of aliphatic hydroxyl groups is 4. The summed E-state index contributed by atoms with van der Waals surface area (Å²) in [6.07, 6.45) is 18.5. The van der Waals surface area contributed by atoms with Crippen molar-refractivity contribution >= 4 is 69.8 Å². The molecule has 0 spiro atoms. The largest absolute Gasteiger partial charge is 0.684 e. The second-order valence-electron chi connectivity index (χ2n) is 28.5. The van der Waals surface area contributed by atoms with Crippen LogP contribution in [0.5, 0.6) is 0 Å². The van der Waals surface area contributed by atoms with Crippen LogP contribution in [0, 0.1) is 11.8 Å². The number of nitrogens with zero attached hydrogens (tertiary/aromatic N) is 6. The summed E-state index contributed by atoms with van der Waals surface area (Å²) in [5, 5.41) is 40.0. The topological polar surface area (TPSA) is 198 Å². The molecule has 0 radical (unpaired) electrons. The third-order valence-electron chi connectivity index (χ3n) is 17.2. The van der Waals surface area contributed by atoms with Gasteiger partial charge in [-0.2, -0.15) is 0 Å². The number of Topliss-reactive ketones (excluding diaryl/α,β-unsaturated/α-hetero) is 1. The second kappa shape index (κ2) is 53.5. The molecule has 0 bridgehead atoms. The van der Waals surface area contributed by atoms with Gasteiger partial charge < -0.3 is 40.4 Å². The molecule has 0 saturated heterocycles. The molecule has 0 unspecified atom stereocenters. The van der Waals surface area contributed by atoms with Crippen LogP contribution in [0.25, 0.3) is 17.5 Å². The van der Waals surface area contributed by atoms with E-state index in [2.05, 4.69) is 171 Å². The number of rotatable bonds is 17. The number of carbonyl (C=O) groups is 4. The van der Waals surface area contributed by atoms with Crippen LogP contribution in [-0.4, -0.2) is 123 Å². The molecule has 6 aromatic rings. The van der Waals surface area contributed by atoms with Gasteiger partial charge in [-0.25, -0.2) is 0 Å². The third kappa shape index (κ3) is 34.5. The van der Waals surface area contributed by atoms with E-state index in [4.69, 9.17) is 30.1 Å². The van der Waals surface area contributed by atoms with Crippen molar-refractivity contribution in [3.05, 3.63) is 193 Å². The van der Waals surface area contributed by atoms with Crippen molar-refractivity contribution < 1.29 is 70.3 Å². The van der Waals surface area contributed by atoms with E-state index >= 15 is 0 Å². The van der Waals surface area contributed by atoms with Crippen molar-refractivity contribution in [3.63, 3.8) is 0 Å². The zero-order valence-electron chi connectivity index (χ0n) is 68.5. The Bertz CT molecular complexity index is 3630. The van der Waals surface area contributed by atoms with E-state index in [1.54, 1.807) is 38.7 Å². The van der Waals surface area contributed by atoms with E-state index in [0.29, 0.717) is 26.4 Å². The van der Waals surface area contributed by atoms with Gasteiger partial charge in [-0.15, -0.1) is 12.2 Å². The van der Waals surface area contributed by atoms with Crippen molar-refractivity contribution in [1.29, 1.82) is 0 Å². The molecule has 0 aromatic heterocycles. The van der Waals surface area contributed by atoms with Crippen molar-refractivity contribution in [1.82, 2.24) is 0 Å². The number of anilines is 5. The number of allylic oxidation sites excluding steroid dienone is 2. The molecule has 590 valence electrons. The number of hydroxylamine groups is 2. The summed E-state index contributed by atoms with van der Waals surface area (Å²) in [6.45, 7) is 44.1. The molecule has 107 heavy (non-hydrogen) atoms. The Kier molecular flexibility index (Phi) is 47.9. The maximum atomic E-state index is 11.4. The summed E-state index contributed by atoms with van der Waals surface area (Å²) in [4.78, 5) is 61.9. The molecule has 0 saturated carbocycles. The molecular formula is C90H133N6O10W-. The molecule has 6 aliphatic rings. The molecule has 4 N–H and O–H groups in total. The summed E-state index contributed by atoms with van der Waals surface area (Å²) in [5.74, 6) is 1.87. The number of amides is 3. The first-order valence-electron chi connectivity index (χ1n) is 39.1. The number of para-hydroxylation sites is 1. The zero-order valence-corrected chi connectivity index (χ0v) is 71.4. The molecule has 6 aliphatic heterocycles. The fraction of sp³-hybridized carbons (Fsp3) is 0.511. The normalized spacial score (nSPS) is 13.0. The second-order valence-corrected chi connectivity index (χ2v) is 28.5. The fourth-order valence-electron chi connectivity index (χ4n) is 12.2. The van der Waals surface area contributed by atoms with Gasteiger partial charge in [0, 0.05) is 124 Å². The standard InChI is InChI=1S/C15H23NO.C15H21NO.C14H17NO.C12H13NO2.C12H16N.C10H11NO.4C3H8O.W/c2*1-4-9-17-16-8-7-14-11-13(10-12(2)3)5-6-15(14)16;1-10(2)8-12-4-5-14-13(9-12)6-7-15(14)11(3)16;1-8(14)10-3-4-12-11(7-10)5-6-13(12)9(2)15;1-9(2)7-10-3-4-12-11(8-10)5-6-13-12;1-8(12)11-7-6-9-4-2-3-5-10(9)11;4*1-2-3-4;/h5-6,11-12H,4,7-10H2,1-3H3;5-6,10-11H,4,7-9H2,1-3H3;4-5,8-9H,6-7H2,1-3H3;3-4,7H,5-6H2,1-2H3;3-4,8-9H,5-7H2,1-2H3;2-5H,6-7H2,1H3;4*4H,2-3H2,1H3;/q;;;;-1;;;;;;. The Labute approximate surface area is 659 Å². The fourth-order valence-corrected chi connectivity index (χ4v) is 12.2. The summed E-state index contributed by atoms with van der Waals surface area (Å²) < 4.78 is 0.